The Morgan fingerprint density at radius 1 is 1.22 bits per heavy atom. The predicted molar refractivity (Wildman–Crippen MR) is 84.1 cm³/mol. The highest BCUT2D eigenvalue weighted by atomic mass is 16.5. The number of rotatable bonds is 3. The van der Waals surface area contributed by atoms with Crippen molar-refractivity contribution in [3.05, 3.63) is 29.3 Å². The Bertz CT molecular complexity index is 619. The zero-order valence-corrected chi connectivity index (χ0v) is 13.9. The van der Waals surface area contributed by atoms with Crippen molar-refractivity contribution >= 4 is 17.9 Å². The molecule has 3 N–H and O–H groups in total. The van der Waals surface area contributed by atoms with Crippen LogP contribution in [0.1, 0.15) is 43.6 Å². The third-order valence-electron chi connectivity index (χ3n) is 2.75. The molecule has 0 bridgehead atoms. The van der Waals surface area contributed by atoms with Crippen LogP contribution in [-0.4, -0.2) is 34.7 Å². The normalized spacial score (nSPS) is 12.2. The van der Waals surface area contributed by atoms with Gasteiger partial charge in [-0.2, -0.15) is 0 Å². The van der Waals surface area contributed by atoms with Gasteiger partial charge in [0.15, 0.2) is 6.10 Å². The van der Waals surface area contributed by atoms with Gasteiger partial charge in [-0.25, -0.2) is 9.59 Å². The second kappa shape index (κ2) is 7.13. The number of phenols is 1. The van der Waals surface area contributed by atoms with Gasteiger partial charge in [0, 0.05) is 5.54 Å². The van der Waals surface area contributed by atoms with E-state index in [0.29, 0.717) is 0 Å². The molecule has 0 spiro atoms. The molecule has 0 fully saturated rings. The van der Waals surface area contributed by atoms with Crippen molar-refractivity contribution < 1.29 is 24.2 Å². The number of carbonyl (C=O) groups is 3. The highest BCUT2D eigenvalue weighted by molar-refractivity contribution is 5.99. The summed E-state index contributed by atoms with van der Waals surface area (Å²) in [7, 11) is 0. The van der Waals surface area contributed by atoms with E-state index in [1.165, 1.54) is 19.1 Å². The molecular formula is C16H22N2O5. The summed E-state index contributed by atoms with van der Waals surface area (Å²) < 4.78 is 4.97. The molecule has 0 saturated heterocycles. The van der Waals surface area contributed by atoms with Gasteiger partial charge in [0.05, 0.1) is 0 Å². The average Bonchev–Trinajstić information content (AvgIpc) is 2.38. The number of benzene rings is 1. The quantitative estimate of drug-likeness (QED) is 0.737. The van der Waals surface area contributed by atoms with Crippen molar-refractivity contribution in [1.29, 1.82) is 0 Å². The second-order valence-corrected chi connectivity index (χ2v) is 6.26. The number of urea groups is 1. The number of hydrogen-bond donors (Lipinski definition) is 3. The van der Waals surface area contributed by atoms with E-state index in [2.05, 4.69) is 10.6 Å². The molecule has 0 aliphatic carbocycles. The molecule has 1 aromatic carbocycles. The molecule has 0 saturated carbocycles. The number of esters is 1. The highest BCUT2D eigenvalue weighted by Gasteiger charge is 2.23. The Morgan fingerprint density at radius 2 is 1.83 bits per heavy atom. The van der Waals surface area contributed by atoms with Gasteiger partial charge in [0.2, 0.25) is 0 Å². The van der Waals surface area contributed by atoms with E-state index in [9.17, 15) is 19.5 Å². The van der Waals surface area contributed by atoms with Crippen LogP contribution in [0.4, 0.5) is 4.79 Å². The van der Waals surface area contributed by atoms with Gasteiger partial charge in [0.1, 0.15) is 11.3 Å². The van der Waals surface area contributed by atoms with Crippen LogP contribution in [0.25, 0.3) is 0 Å². The van der Waals surface area contributed by atoms with Crippen LogP contribution >= 0.6 is 0 Å². The van der Waals surface area contributed by atoms with Crippen LogP contribution in [0.5, 0.6) is 5.75 Å². The van der Waals surface area contributed by atoms with Crippen LogP contribution in [0, 0.1) is 6.92 Å². The van der Waals surface area contributed by atoms with Crippen molar-refractivity contribution in [3.8, 4) is 5.75 Å². The zero-order valence-electron chi connectivity index (χ0n) is 13.9. The van der Waals surface area contributed by atoms with E-state index in [4.69, 9.17) is 4.74 Å². The fraction of sp³-hybridized carbons (Fsp3) is 0.438. The van der Waals surface area contributed by atoms with E-state index in [1.807, 2.05) is 0 Å². The fourth-order valence-electron chi connectivity index (χ4n) is 1.68. The molecule has 1 atom stereocenters. The number of aromatic hydroxyl groups is 1. The number of imide groups is 1. The minimum Gasteiger partial charge on any atom is -0.507 e. The molecule has 1 rings (SSSR count). The van der Waals surface area contributed by atoms with Crippen LogP contribution in [0.2, 0.25) is 0 Å². The number of hydrogen-bond acceptors (Lipinski definition) is 5. The summed E-state index contributed by atoms with van der Waals surface area (Å²) in [6.07, 6.45) is -1.19. The third-order valence-corrected chi connectivity index (χ3v) is 2.75. The van der Waals surface area contributed by atoms with Gasteiger partial charge in [-0.3, -0.25) is 10.1 Å². The lowest BCUT2D eigenvalue weighted by Crippen LogP contribution is -2.50. The molecule has 7 heteroatoms. The minimum atomic E-state index is -1.19. The molecule has 3 amide bonds. The van der Waals surface area contributed by atoms with E-state index in [1.54, 1.807) is 33.8 Å². The first kappa shape index (κ1) is 18.5. The first-order valence-corrected chi connectivity index (χ1v) is 7.13. The predicted octanol–water partition coefficient (Wildman–Crippen LogP) is 1.87. The SMILES string of the molecule is Cc1ccc(O)c(C(=O)O[C@H](C)C(=O)NC(=O)NC(C)(C)C)c1. The number of carbonyl (C=O) groups excluding carboxylic acids is 3. The standard InChI is InChI=1S/C16H22N2O5/c1-9-6-7-12(19)11(8-9)14(21)23-10(2)13(20)17-15(22)18-16(3,4)5/h6-8,10,19H,1-5H3,(H2,17,18,20,22)/t10-/m1/s1. The lowest BCUT2D eigenvalue weighted by Gasteiger charge is -2.21. The van der Waals surface area contributed by atoms with Crippen LogP contribution < -0.4 is 10.6 Å². The van der Waals surface area contributed by atoms with Crippen LogP contribution in [0.15, 0.2) is 18.2 Å². The van der Waals surface area contributed by atoms with Crippen molar-refractivity contribution in [3.63, 3.8) is 0 Å². The molecule has 1 aromatic rings. The van der Waals surface area contributed by atoms with Gasteiger partial charge in [0.25, 0.3) is 5.91 Å². The molecule has 0 aliphatic rings. The smallest absolute Gasteiger partial charge is 0.342 e. The summed E-state index contributed by atoms with van der Waals surface area (Å²) >= 11 is 0. The number of nitrogens with one attached hydrogen (secondary N) is 2. The average molecular weight is 322 g/mol. The second-order valence-electron chi connectivity index (χ2n) is 6.26. The van der Waals surface area contributed by atoms with Crippen molar-refractivity contribution in [2.24, 2.45) is 0 Å². The van der Waals surface area contributed by atoms with E-state index in [-0.39, 0.29) is 11.3 Å². The monoisotopic (exact) mass is 322 g/mol. The van der Waals surface area contributed by atoms with E-state index in [0.717, 1.165) is 5.56 Å². The van der Waals surface area contributed by atoms with Gasteiger partial charge < -0.3 is 15.2 Å². The summed E-state index contributed by atoms with van der Waals surface area (Å²) in [6, 6.07) is 3.78. The van der Waals surface area contributed by atoms with Gasteiger partial charge in [-0.1, -0.05) is 11.6 Å². The Labute approximate surface area is 135 Å². The fourth-order valence-corrected chi connectivity index (χ4v) is 1.68. The highest BCUT2D eigenvalue weighted by Crippen LogP contribution is 2.19. The Hall–Kier alpha value is -2.57. The zero-order chi connectivity index (χ0) is 17.8. The maximum atomic E-state index is 12.0. The molecule has 0 aromatic heterocycles. The molecule has 0 heterocycles. The lowest BCUT2D eigenvalue weighted by molar-refractivity contribution is -0.127. The number of aryl methyl sites for hydroxylation is 1. The minimum absolute atomic E-state index is 0.0382. The summed E-state index contributed by atoms with van der Waals surface area (Å²) in [6.45, 7) is 8.39. The maximum absolute atomic E-state index is 12.0. The van der Waals surface area contributed by atoms with E-state index >= 15 is 0 Å². The molecule has 0 unspecified atom stereocenters. The number of phenolic OH excluding ortho intramolecular Hbond substituents is 1. The summed E-state index contributed by atoms with van der Waals surface area (Å²) in [5, 5.41) is 14.3. The first-order chi connectivity index (χ1) is 10.5. The van der Waals surface area contributed by atoms with Gasteiger partial charge in [-0.15, -0.1) is 0 Å². The van der Waals surface area contributed by atoms with Crippen LogP contribution in [0.3, 0.4) is 0 Å². The van der Waals surface area contributed by atoms with Crippen LogP contribution in [-0.2, 0) is 9.53 Å². The maximum Gasteiger partial charge on any atom is 0.342 e. The summed E-state index contributed by atoms with van der Waals surface area (Å²) in [5.41, 5.74) is 0.220. The molecule has 0 aliphatic heterocycles. The Balaban J connectivity index is 2.66. The summed E-state index contributed by atoms with van der Waals surface area (Å²) in [5.74, 6) is -1.84. The number of amides is 3. The molecule has 0 radical (unpaired) electrons. The summed E-state index contributed by atoms with van der Waals surface area (Å²) in [4.78, 5) is 35.4. The Kier molecular flexibility index (Phi) is 5.73. The first-order valence-electron chi connectivity index (χ1n) is 7.13. The topological polar surface area (TPSA) is 105 Å². The molecule has 23 heavy (non-hydrogen) atoms. The van der Waals surface area contributed by atoms with Crippen molar-refractivity contribution in [2.75, 3.05) is 0 Å². The van der Waals surface area contributed by atoms with E-state index < -0.39 is 29.6 Å². The van der Waals surface area contributed by atoms with Crippen molar-refractivity contribution in [2.45, 2.75) is 46.3 Å². The lowest BCUT2D eigenvalue weighted by atomic mass is 10.1. The molecule has 126 valence electrons. The van der Waals surface area contributed by atoms with Gasteiger partial charge in [-0.05, 0) is 46.8 Å². The largest absolute Gasteiger partial charge is 0.507 e. The third kappa shape index (κ3) is 5.98. The number of ether oxygens (including phenoxy) is 1. The molecule has 7 nitrogen and oxygen atoms in total. The van der Waals surface area contributed by atoms with Gasteiger partial charge >= 0.3 is 12.0 Å². The Morgan fingerprint density at radius 3 is 2.39 bits per heavy atom. The van der Waals surface area contributed by atoms with Crippen molar-refractivity contribution in [1.82, 2.24) is 10.6 Å². The molecular weight excluding hydrogens is 300 g/mol.